The van der Waals surface area contributed by atoms with Gasteiger partial charge in [-0.1, -0.05) is 60.7 Å². The van der Waals surface area contributed by atoms with E-state index in [1.165, 1.54) is 17.5 Å². The van der Waals surface area contributed by atoms with Gasteiger partial charge in [0, 0.05) is 12.5 Å². The lowest BCUT2D eigenvalue weighted by atomic mass is 9.92. The van der Waals surface area contributed by atoms with Crippen molar-refractivity contribution < 1.29 is 0 Å². The van der Waals surface area contributed by atoms with E-state index in [1.807, 2.05) is 7.05 Å². The first-order chi connectivity index (χ1) is 10.4. The van der Waals surface area contributed by atoms with Crippen LogP contribution in [0.3, 0.4) is 0 Å². The van der Waals surface area contributed by atoms with Gasteiger partial charge in [0.25, 0.3) is 0 Å². The highest BCUT2D eigenvalue weighted by Gasteiger charge is 2.11. The van der Waals surface area contributed by atoms with Crippen LogP contribution in [0.1, 0.15) is 23.5 Å². The molecule has 0 fully saturated rings. The summed E-state index contributed by atoms with van der Waals surface area (Å²) >= 11 is 0. The molecule has 0 aliphatic rings. The summed E-state index contributed by atoms with van der Waals surface area (Å²) in [7, 11) is 2.00. The highest BCUT2D eigenvalue weighted by Crippen LogP contribution is 2.20. The molecule has 1 unspecified atom stereocenters. The Labute approximate surface area is 128 Å². The number of benzene rings is 2. The first-order valence-corrected chi connectivity index (χ1v) is 7.84. The molecule has 112 valence electrons. The van der Waals surface area contributed by atoms with E-state index >= 15 is 0 Å². The van der Waals surface area contributed by atoms with Crippen molar-refractivity contribution in [2.24, 2.45) is 0 Å². The van der Waals surface area contributed by atoms with Crippen LogP contribution in [0.25, 0.3) is 0 Å². The summed E-state index contributed by atoms with van der Waals surface area (Å²) < 4.78 is 0. The molecule has 2 aromatic rings. The largest absolute Gasteiger partial charge is 0.320 e. The van der Waals surface area contributed by atoms with Gasteiger partial charge in [-0.3, -0.25) is 0 Å². The molecule has 0 bridgehead atoms. The second kappa shape index (κ2) is 9.32. The van der Waals surface area contributed by atoms with Crippen molar-refractivity contribution in [3.8, 4) is 0 Å². The van der Waals surface area contributed by atoms with Gasteiger partial charge in [-0.2, -0.15) is 0 Å². The molecule has 0 radical (unpaired) electrons. The summed E-state index contributed by atoms with van der Waals surface area (Å²) in [5.41, 5.74) is 2.82. The van der Waals surface area contributed by atoms with Crippen molar-refractivity contribution in [1.29, 1.82) is 0 Å². The van der Waals surface area contributed by atoms with Gasteiger partial charge in [-0.05, 0) is 44.1 Å². The van der Waals surface area contributed by atoms with Crippen LogP contribution < -0.4 is 10.6 Å². The fraction of sp³-hybridized carbons (Fsp3) is 0.368. The SMILES string of the molecule is CNCCCNCC(Cc1ccccc1)c1ccccc1. The zero-order valence-corrected chi connectivity index (χ0v) is 12.9. The van der Waals surface area contributed by atoms with Crippen LogP contribution in [0.5, 0.6) is 0 Å². The minimum absolute atomic E-state index is 0.531. The molecule has 2 heteroatoms. The first kappa shape index (κ1) is 15.7. The maximum Gasteiger partial charge on any atom is 0.00233 e. The summed E-state index contributed by atoms with van der Waals surface area (Å²) in [4.78, 5) is 0. The minimum Gasteiger partial charge on any atom is -0.320 e. The molecule has 21 heavy (non-hydrogen) atoms. The summed E-state index contributed by atoms with van der Waals surface area (Å²) in [6, 6.07) is 21.6. The van der Waals surface area contributed by atoms with E-state index in [1.54, 1.807) is 0 Å². The normalized spacial score (nSPS) is 12.2. The Morgan fingerprint density at radius 1 is 0.857 bits per heavy atom. The van der Waals surface area contributed by atoms with E-state index in [4.69, 9.17) is 0 Å². The standard InChI is InChI=1S/C19H26N2/c1-20-13-8-14-21-16-19(18-11-6-3-7-12-18)15-17-9-4-2-5-10-17/h2-7,9-12,19-21H,8,13-16H2,1H3. The number of rotatable bonds is 9. The van der Waals surface area contributed by atoms with Crippen LogP contribution in [0.2, 0.25) is 0 Å². The van der Waals surface area contributed by atoms with Crippen molar-refractivity contribution in [3.63, 3.8) is 0 Å². The third-order valence-electron chi connectivity index (χ3n) is 3.77. The van der Waals surface area contributed by atoms with Gasteiger partial charge in [0.2, 0.25) is 0 Å². The second-order valence-corrected chi connectivity index (χ2v) is 5.46. The van der Waals surface area contributed by atoms with Crippen LogP contribution in [-0.4, -0.2) is 26.7 Å². The monoisotopic (exact) mass is 282 g/mol. The third kappa shape index (κ3) is 5.70. The van der Waals surface area contributed by atoms with Gasteiger partial charge in [0.1, 0.15) is 0 Å². The molecule has 2 N–H and O–H groups in total. The van der Waals surface area contributed by atoms with E-state index in [0.29, 0.717) is 5.92 Å². The van der Waals surface area contributed by atoms with Gasteiger partial charge in [0.15, 0.2) is 0 Å². The maximum absolute atomic E-state index is 3.60. The van der Waals surface area contributed by atoms with Gasteiger partial charge in [-0.25, -0.2) is 0 Å². The summed E-state index contributed by atoms with van der Waals surface area (Å²) in [5, 5.41) is 6.79. The number of hydrogen-bond acceptors (Lipinski definition) is 2. The molecule has 2 nitrogen and oxygen atoms in total. The Kier molecular flexibility index (Phi) is 6.99. The topological polar surface area (TPSA) is 24.1 Å². The molecule has 0 heterocycles. The maximum atomic E-state index is 3.60. The lowest BCUT2D eigenvalue weighted by Crippen LogP contribution is -2.26. The summed E-state index contributed by atoms with van der Waals surface area (Å²) in [5.74, 6) is 0.531. The Balaban J connectivity index is 1.94. The van der Waals surface area contributed by atoms with E-state index < -0.39 is 0 Å². The highest BCUT2D eigenvalue weighted by atomic mass is 14.9. The number of hydrogen-bond donors (Lipinski definition) is 2. The summed E-state index contributed by atoms with van der Waals surface area (Å²) in [6.45, 7) is 3.17. The molecule has 0 saturated heterocycles. The van der Waals surface area contributed by atoms with E-state index in [2.05, 4.69) is 71.3 Å². The van der Waals surface area contributed by atoms with E-state index in [-0.39, 0.29) is 0 Å². The van der Waals surface area contributed by atoms with E-state index in [9.17, 15) is 0 Å². The fourth-order valence-corrected chi connectivity index (χ4v) is 2.60. The zero-order valence-electron chi connectivity index (χ0n) is 12.9. The lowest BCUT2D eigenvalue weighted by Gasteiger charge is -2.18. The fourth-order valence-electron chi connectivity index (χ4n) is 2.60. The Morgan fingerprint density at radius 2 is 1.52 bits per heavy atom. The van der Waals surface area contributed by atoms with Gasteiger partial charge in [0.05, 0.1) is 0 Å². The lowest BCUT2D eigenvalue weighted by molar-refractivity contribution is 0.560. The van der Waals surface area contributed by atoms with Crippen molar-refractivity contribution in [3.05, 3.63) is 71.8 Å². The minimum atomic E-state index is 0.531. The average Bonchev–Trinajstić information content (AvgIpc) is 2.55. The van der Waals surface area contributed by atoms with Crippen LogP contribution in [-0.2, 0) is 6.42 Å². The molecule has 0 spiro atoms. The predicted molar refractivity (Wildman–Crippen MR) is 90.7 cm³/mol. The summed E-state index contributed by atoms with van der Waals surface area (Å²) in [6.07, 6.45) is 2.26. The Hall–Kier alpha value is -1.64. The highest BCUT2D eigenvalue weighted by molar-refractivity contribution is 5.24. The van der Waals surface area contributed by atoms with Gasteiger partial charge in [-0.15, -0.1) is 0 Å². The van der Waals surface area contributed by atoms with Crippen LogP contribution in [0.15, 0.2) is 60.7 Å². The quantitative estimate of drug-likeness (QED) is 0.690. The third-order valence-corrected chi connectivity index (χ3v) is 3.77. The van der Waals surface area contributed by atoms with Crippen LogP contribution in [0.4, 0.5) is 0 Å². The van der Waals surface area contributed by atoms with Crippen molar-refractivity contribution in [2.45, 2.75) is 18.8 Å². The molecular weight excluding hydrogens is 256 g/mol. The molecule has 0 aromatic heterocycles. The average molecular weight is 282 g/mol. The molecule has 2 rings (SSSR count). The van der Waals surface area contributed by atoms with Crippen LogP contribution in [0, 0.1) is 0 Å². The van der Waals surface area contributed by atoms with Gasteiger partial charge >= 0.3 is 0 Å². The molecule has 0 aliphatic heterocycles. The molecule has 1 atom stereocenters. The smallest absolute Gasteiger partial charge is 0.00233 e. The Bertz CT molecular complexity index is 481. The van der Waals surface area contributed by atoms with Crippen molar-refractivity contribution in [2.75, 3.05) is 26.7 Å². The molecule has 0 saturated carbocycles. The van der Waals surface area contributed by atoms with E-state index in [0.717, 1.165) is 26.1 Å². The van der Waals surface area contributed by atoms with Gasteiger partial charge < -0.3 is 10.6 Å². The predicted octanol–water partition coefficient (Wildman–Crippen LogP) is 3.21. The number of nitrogens with one attached hydrogen (secondary N) is 2. The van der Waals surface area contributed by atoms with Crippen LogP contribution >= 0.6 is 0 Å². The molecule has 0 aliphatic carbocycles. The van der Waals surface area contributed by atoms with Crippen molar-refractivity contribution in [1.82, 2.24) is 10.6 Å². The zero-order chi connectivity index (χ0) is 14.8. The second-order valence-electron chi connectivity index (χ2n) is 5.46. The molecular formula is C19H26N2. The Morgan fingerprint density at radius 3 is 2.19 bits per heavy atom. The molecule has 0 amide bonds. The van der Waals surface area contributed by atoms with Crippen molar-refractivity contribution >= 4 is 0 Å². The first-order valence-electron chi connectivity index (χ1n) is 7.84. The molecule has 2 aromatic carbocycles.